The summed E-state index contributed by atoms with van der Waals surface area (Å²) >= 11 is 5.94. The molecule has 2 aromatic carbocycles. The molecule has 3 aromatic rings. The quantitative estimate of drug-likeness (QED) is 0.650. The van der Waals surface area contributed by atoms with Gasteiger partial charge in [-0.15, -0.1) is 0 Å². The van der Waals surface area contributed by atoms with Gasteiger partial charge in [-0.3, -0.25) is 14.3 Å². The summed E-state index contributed by atoms with van der Waals surface area (Å²) in [6, 6.07) is 16.8. The topological polar surface area (TPSA) is 71.0 Å². The Labute approximate surface area is 179 Å². The SMILES string of the molecule is Cn1c2c(c(=O)n(Cc3ccc(Cl)cc3)c1=O)CN(Cc1cccc(C#N)c1)CC2. The molecule has 6 nitrogen and oxygen atoms in total. The van der Waals surface area contributed by atoms with Crippen LogP contribution in [0.2, 0.25) is 5.02 Å². The minimum absolute atomic E-state index is 0.209. The zero-order valence-electron chi connectivity index (χ0n) is 16.6. The Bertz CT molecular complexity index is 1250. The van der Waals surface area contributed by atoms with Gasteiger partial charge in [0.05, 0.1) is 23.7 Å². The Morgan fingerprint density at radius 2 is 1.83 bits per heavy atom. The molecule has 0 radical (unpaired) electrons. The summed E-state index contributed by atoms with van der Waals surface area (Å²) in [5.41, 5.74) is 3.43. The summed E-state index contributed by atoms with van der Waals surface area (Å²) in [5.74, 6) is 0. The van der Waals surface area contributed by atoms with Crippen LogP contribution in [0.4, 0.5) is 0 Å². The normalized spacial score (nSPS) is 13.6. The van der Waals surface area contributed by atoms with E-state index in [1.165, 1.54) is 4.57 Å². The van der Waals surface area contributed by atoms with E-state index in [0.29, 0.717) is 35.7 Å². The van der Waals surface area contributed by atoms with Crippen molar-refractivity contribution in [3.63, 3.8) is 0 Å². The standard InChI is InChI=1S/C23H21ClN4O2/c1-26-21-9-10-27(13-18-4-2-3-17(11-18)12-25)15-20(21)22(29)28(23(26)30)14-16-5-7-19(24)8-6-16/h2-8,11H,9-10,13-15H2,1H3. The number of hydrogen-bond donors (Lipinski definition) is 0. The largest absolute Gasteiger partial charge is 0.331 e. The van der Waals surface area contributed by atoms with E-state index in [1.807, 2.05) is 30.3 Å². The van der Waals surface area contributed by atoms with Crippen molar-refractivity contribution in [3.05, 3.63) is 102 Å². The average Bonchev–Trinajstić information content (AvgIpc) is 2.76. The number of aromatic nitrogens is 2. The van der Waals surface area contributed by atoms with Crippen LogP contribution in [0.1, 0.15) is 27.9 Å². The fourth-order valence-electron chi connectivity index (χ4n) is 3.96. The van der Waals surface area contributed by atoms with Crippen molar-refractivity contribution in [2.75, 3.05) is 6.54 Å². The fraction of sp³-hybridized carbons (Fsp3) is 0.261. The van der Waals surface area contributed by atoms with Gasteiger partial charge in [-0.05, 0) is 35.4 Å². The maximum Gasteiger partial charge on any atom is 0.331 e. The maximum absolute atomic E-state index is 13.2. The Hall–Kier alpha value is -3.14. The highest BCUT2D eigenvalue weighted by Crippen LogP contribution is 2.18. The molecule has 0 amide bonds. The minimum Gasteiger partial charge on any atom is -0.300 e. The molecular weight excluding hydrogens is 400 g/mol. The van der Waals surface area contributed by atoms with Crippen molar-refractivity contribution in [3.8, 4) is 6.07 Å². The van der Waals surface area contributed by atoms with E-state index in [0.717, 1.165) is 23.4 Å². The van der Waals surface area contributed by atoms with E-state index in [2.05, 4.69) is 11.0 Å². The summed E-state index contributed by atoms with van der Waals surface area (Å²) in [5, 5.41) is 9.72. The maximum atomic E-state index is 13.2. The van der Waals surface area contributed by atoms with E-state index in [-0.39, 0.29) is 17.8 Å². The highest BCUT2D eigenvalue weighted by molar-refractivity contribution is 6.30. The van der Waals surface area contributed by atoms with Crippen molar-refractivity contribution in [1.29, 1.82) is 5.26 Å². The lowest BCUT2D eigenvalue weighted by Gasteiger charge is -2.30. The molecule has 0 N–H and O–H groups in total. The lowest BCUT2D eigenvalue weighted by atomic mass is 10.0. The summed E-state index contributed by atoms with van der Waals surface area (Å²) < 4.78 is 2.89. The van der Waals surface area contributed by atoms with Gasteiger partial charge < -0.3 is 4.57 Å². The lowest BCUT2D eigenvalue weighted by Crippen LogP contribution is -2.47. The first-order chi connectivity index (χ1) is 14.5. The third kappa shape index (κ3) is 3.95. The zero-order valence-corrected chi connectivity index (χ0v) is 17.4. The van der Waals surface area contributed by atoms with Crippen molar-refractivity contribution < 1.29 is 0 Å². The van der Waals surface area contributed by atoms with Gasteiger partial charge in [-0.25, -0.2) is 4.79 Å². The molecule has 0 saturated heterocycles. The lowest BCUT2D eigenvalue weighted by molar-refractivity contribution is 0.237. The van der Waals surface area contributed by atoms with Crippen LogP contribution in [0.25, 0.3) is 0 Å². The van der Waals surface area contributed by atoms with Crippen LogP contribution in [0.5, 0.6) is 0 Å². The van der Waals surface area contributed by atoms with Crippen LogP contribution in [-0.4, -0.2) is 20.6 Å². The minimum atomic E-state index is -0.302. The predicted octanol–water partition coefficient (Wildman–Crippen LogP) is 2.68. The third-order valence-electron chi connectivity index (χ3n) is 5.54. The van der Waals surface area contributed by atoms with E-state index in [4.69, 9.17) is 16.9 Å². The van der Waals surface area contributed by atoms with Gasteiger partial charge in [0.2, 0.25) is 0 Å². The van der Waals surface area contributed by atoms with Gasteiger partial charge in [0.25, 0.3) is 5.56 Å². The Balaban J connectivity index is 1.65. The van der Waals surface area contributed by atoms with Crippen molar-refractivity contribution in [1.82, 2.24) is 14.0 Å². The van der Waals surface area contributed by atoms with Gasteiger partial charge >= 0.3 is 5.69 Å². The van der Waals surface area contributed by atoms with Gasteiger partial charge in [-0.2, -0.15) is 5.26 Å². The summed E-state index contributed by atoms with van der Waals surface area (Å²) in [6.07, 6.45) is 0.635. The van der Waals surface area contributed by atoms with E-state index >= 15 is 0 Å². The van der Waals surface area contributed by atoms with Crippen LogP contribution in [0.15, 0.2) is 58.1 Å². The third-order valence-corrected chi connectivity index (χ3v) is 5.79. The molecule has 0 bridgehead atoms. The van der Waals surface area contributed by atoms with Crippen molar-refractivity contribution in [2.24, 2.45) is 7.05 Å². The first kappa shape index (κ1) is 20.1. The number of rotatable bonds is 4. The number of fused-ring (bicyclic) bond motifs is 1. The fourth-order valence-corrected chi connectivity index (χ4v) is 4.09. The number of benzene rings is 2. The van der Waals surface area contributed by atoms with E-state index in [1.54, 1.807) is 29.8 Å². The van der Waals surface area contributed by atoms with Gasteiger partial charge in [0.15, 0.2) is 0 Å². The molecule has 1 aliphatic rings. The highest BCUT2D eigenvalue weighted by atomic mass is 35.5. The number of halogens is 1. The second-order valence-electron chi connectivity index (χ2n) is 7.56. The zero-order chi connectivity index (χ0) is 21.3. The highest BCUT2D eigenvalue weighted by Gasteiger charge is 2.24. The monoisotopic (exact) mass is 420 g/mol. The molecule has 0 spiro atoms. The molecule has 2 heterocycles. The number of hydrogen-bond acceptors (Lipinski definition) is 4. The van der Waals surface area contributed by atoms with Crippen LogP contribution in [-0.2, 0) is 33.1 Å². The molecule has 0 aliphatic carbocycles. The first-order valence-electron chi connectivity index (χ1n) is 9.73. The molecule has 7 heteroatoms. The van der Waals surface area contributed by atoms with Crippen LogP contribution < -0.4 is 11.2 Å². The molecule has 1 aromatic heterocycles. The van der Waals surface area contributed by atoms with Crippen molar-refractivity contribution in [2.45, 2.75) is 26.1 Å². The Morgan fingerprint density at radius 3 is 2.57 bits per heavy atom. The Morgan fingerprint density at radius 1 is 1.07 bits per heavy atom. The van der Waals surface area contributed by atoms with Crippen LogP contribution >= 0.6 is 11.6 Å². The molecule has 0 saturated carbocycles. The molecule has 1 aliphatic heterocycles. The summed E-state index contributed by atoms with van der Waals surface area (Å²) in [7, 11) is 1.73. The summed E-state index contributed by atoms with van der Waals surface area (Å²) in [6.45, 7) is 2.08. The smallest absolute Gasteiger partial charge is 0.300 e. The molecule has 0 fully saturated rings. The molecular formula is C23H21ClN4O2. The predicted molar refractivity (Wildman–Crippen MR) is 115 cm³/mol. The average molecular weight is 421 g/mol. The number of nitrogens with zero attached hydrogens (tertiary/aromatic N) is 4. The Kier molecular flexibility index (Phi) is 5.58. The first-order valence-corrected chi connectivity index (χ1v) is 10.1. The molecule has 30 heavy (non-hydrogen) atoms. The van der Waals surface area contributed by atoms with Crippen molar-refractivity contribution >= 4 is 11.6 Å². The van der Waals surface area contributed by atoms with Gasteiger partial charge in [0.1, 0.15) is 0 Å². The molecule has 0 atom stereocenters. The van der Waals surface area contributed by atoms with E-state index in [9.17, 15) is 9.59 Å². The van der Waals surface area contributed by atoms with Crippen LogP contribution in [0, 0.1) is 11.3 Å². The molecule has 152 valence electrons. The molecule has 0 unspecified atom stereocenters. The van der Waals surface area contributed by atoms with Crippen LogP contribution in [0.3, 0.4) is 0 Å². The summed E-state index contributed by atoms with van der Waals surface area (Å²) in [4.78, 5) is 28.2. The second-order valence-corrected chi connectivity index (χ2v) is 7.99. The molecule has 4 rings (SSSR count). The van der Waals surface area contributed by atoms with Gasteiger partial charge in [-0.1, -0.05) is 35.9 Å². The second kappa shape index (κ2) is 8.31. The number of nitriles is 1. The van der Waals surface area contributed by atoms with Gasteiger partial charge in [0, 0.05) is 43.8 Å². The van der Waals surface area contributed by atoms with E-state index < -0.39 is 0 Å².